The number of benzene rings is 4. The van der Waals surface area contributed by atoms with Gasteiger partial charge in [-0.15, -0.1) is 0 Å². The second kappa shape index (κ2) is 7.14. The molecule has 6 atom stereocenters. The van der Waals surface area contributed by atoms with Crippen molar-refractivity contribution >= 4 is 0 Å². The van der Waals surface area contributed by atoms with Gasteiger partial charge in [-0.3, -0.25) is 0 Å². The maximum atomic E-state index is 7.38. The summed E-state index contributed by atoms with van der Waals surface area (Å²) < 4.78 is 21.9. The fourth-order valence-electron chi connectivity index (χ4n) is 7.10. The van der Waals surface area contributed by atoms with E-state index in [4.69, 9.17) is 14.2 Å². The molecule has 0 aliphatic carbocycles. The van der Waals surface area contributed by atoms with Gasteiger partial charge < -0.3 is 14.2 Å². The van der Waals surface area contributed by atoms with Crippen molar-refractivity contribution < 1.29 is 14.2 Å². The van der Waals surface area contributed by atoms with Gasteiger partial charge in [0.1, 0.15) is 11.2 Å². The van der Waals surface area contributed by atoms with Crippen LogP contribution in [0, 0.1) is 11.8 Å². The van der Waals surface area contributed by atoms with Crippen molar-refractivity contribution in [2.45, 2.75) is 36.6 Å². The van der Waals surface area contributed by atoms with Gasteiger partial charge in [-0.05, 0) is 11.1 Å². The Labute approximate surface area is 206 Å². The average Bonchev–Trinajstić information content (AvgIpc) is 3.20. The fraction of sp³-hybridized carbons (Fsp3) is 0.250. The van der Waals surface area contributed by atoms with E-state index in [-0.39, 0.29) is 11.8 Å². The third-order valence-corrected chi connectivity index (χ3v) is 8.60. The lowest BCUT2D eigenvalue weighted by atomic mass is 9.64. The third-order valence-electron chi connectivity index (χ3n) is 8.60. The van der Waals surface area contributed by atoms with Crippen LogP contribution >= 0.6 is 0 Å². The highest BCUT2D eigenvalue weighted by Crippen LogP contribution is 2.80. The first-order valence-corrected chi connectivity index (χ1v) is 12.4. The van der Waals surface area contributed by atoms with Gasteiger partial charge in [0.05, 0.1) is 11.8 Å². The van der Waals surface area contributed by atoms with E-state index in [1.807, 2.05) is 12.1 Å². The molecule has 0 saturated carbocycles. The van der Waals surface area contributed by atoms with Crippen LogP contribution in [-0.4, -0.2) is 0 Å². The van der Waals surface area contributed by atoms with Gasteiger partial charge in [-0.1, -0.05) is 135 Å². The van der Waals surface area contributed by atoms with Crippen molar-refractivity contribution in [2.24, 2.45) is 11.8 Å². The van der Waals surface area contributed by atoms with Crippen LogP contribution in [-0.2, 0) is 37.0 Å². The molecule has 0 radical (unpaired) electrons. The van der Waals surface area contributed by atoms with Crippen LogP contribution in [0.25, 0.3) is 0 Å². The van der Waals surface area contributed by atoms with E-state index in [2.05, 4.69) is 123 Å². The van der Waals surface area contributed by atoms with Crippen molar-refractivity contribution in [1.29, 1.82) is 0 Å². The van der Waals surface area contributed by atoms with E-state index in [1.165, 1.54) is 0 Å². The molecule has 4 bridgehead atoms. The van der Waals surface area contributed by atoms with Crippen molar-refractivity contribution in [1.82, 2.24) is 0 Å². The highest BCUT2D eigenvalue weighted by molar-refractivity contribution is 5.47. The quantitative estimate of drug-likeness (QED) is 0.333. The zero-order valence-corrected chi connectivity index (χ0v) is 19.9. The second-order valence-corrected chi connectivity index (χ2v) is 10.0. The van der Waals surface area contributed by atoms with E-state index in [1.54, 1.807) is 0 Å². The lowest BCUT2D eigenvalue weighted by Gasteiger charge is -2.52. The molecule has 0 aromatic heterocycles. The maximum absolute atomic E-state index is 7.38. The van der Waals surface area contributed by atoms with E-state index < -0.39 is 22.8 Å². The van der Waals surface area contributed by atoms with Crippen LogP contribution in [0.4, 0.5) is 0 Å². The molecule has 35 heavy (non-hydrogen) atoms. The van der Waals surface area contributed by atoms with Gasteiger partial charge >= 0.3 is 0 Å². The van der Waals surface area contributed by atoms with Gasteiger partial charge in [0.2, 0.25) is 11.6 Å². The van der Waals surface area contributed by atoms with Crippen molar-refractivity contribution in [3.05, 3.63) is 144 Å². The second-order valence-electron chi connectivity index (χ2n) is 10.0. The molecule has 4 fully saturated rings. The highest BCUT2D eigenvalue weighted by Gasteiger charge is 2.88. The molecule has 4 saturated heterocycles. The topological polar surface area (TPSA) is 27.7 Å². The molecular formula is C32H28O3. The molecule has 4 aliphatic heterocycles. The summed E-state index contributed by atoms with van der Waals surface area (Å²) in [5.74, 6) is -2.20. The SMILES string of the molecule is C[C@@H]1[C@]2(c3ccccc3)O[C@]3(c4ccccc4)O[C@@]1(c1ccccc1)[C@](c1ccccc1)(O2)[C@H]3C. The highest BCUT2D eigenvalue weighted by atomic mass is 16.9. The molecular weight excluding hydrogens is 432 g/mol. The largest absolute Gasteiger partial charge is 0.330 e. The third kappa shape index (κ3) is 2.36. The summed E-state index contributed by atoms with van der Waals surface area (Å²) in [6, 6.07) is 41.9. The van der Waals surface area contributed by atoms with Crippen LogP contribution in [0.15, 0.2) is 121 Å². The van der Waals surface area contributed by atoms with E-state index in [9.17, 15) is 0 Å². The van der Waals surface area contributed by atoms with Crippen molar-refractivity contribution in [3.63, 3.8) is 0 Å². The molecule has 4 aromatic carbocycles. The Balaban J connectivity index is 1.61. The molecule has 0 amide bonds. The Bertz CT molecular complexity index is 1250. The average molecular weight is 461 g/mol. The first-order chi connectivity index (χ1) is 17.1. The molecule has 0 spiro atoms. The number of hydrogen-bond donors (Lipinski definition) is 0. The molecule has 0 N–H and O–H groups in total. The standard InChI is InChI=1S/C32H28O3/c1-23-29(25-15-7-3-8-16-25)30(26-17-9-4-10-18-26)24(2)32(33-29,28-21-13-6-14-22-28)35-31(23,34-30)27-19-11-5-12-20-27/h3-24H,1-2H3/t23-,24+,29-,30-,31+,32+/m0/s1. The lowest BCUT2D eigenvalue weighted by molar-refractivity contribution is -0.449. The van der Waals surface area contributed by atoms with Crippen LogP contribution in [0.1, 0.15) is 36.1 Å². The lowest BCUT2D eigenvalue weighted by Crippen LogP contribution is -2.56. The van der Waals surface area contributed by atoms with Crippen LogP contribution < -0.4 is 0 Å². The zero-order chi connectivity index (χ0) is 23.7. The molecule has 4 aromatic rings. The summed E-state index contributed by atoms with van der Waals surface area (Å²) in [5.41, 5.74) is 2.73. The van der Waals surface area contributed by atoms with Crippen LogP contribution in [0.2, 0.25) is 0 Å². The summed E-state index contributed by atoms with van der Waals surface area (Å²) >= 11 is 0. The molecule has 3 nitrogen and oxygen atoms in total. The van der Waals surface area contributed by atoms with Gasteiger partial charge in [-0.25, -0.2) is 0 Å². The minimum Gasteiger partial charge on any atom is -0.330 e. The van der Waals surface area contributed by atoms with Gasteiger partial charge in [-0.2, -0.15) is 0 Å². The minimum atomic E-state index is -0.979. The van der Waals surface area contributed by atoms with Gasteiger partial charge in [0, 0.05) is 11.1 Å². The predicted octanol–water partition coefficient (Wildman–Crippen LogP) is 6.85. The van der Waals surface area contributed by atoms with E-state index >= 15 is 0 Å². The summed E-state index contributed by atoms with van der Waals surface area (Å²) in [6.07, 6.45) is 0. The molecule has 0 unspecified atom stereocenters. The summed E-state index contributed by atoms with van der Waals surface area (Å²) in [7, 11) is 0. The Kier molecular flexibility index (Phi) is 4.30. The molecule has 4 aliphatic rings. The normalized spacial score (nSPS) is 37.0. The van der Waals surface area contributed by atoms with E-state index in [0.717, 1.165) is 22.3 Å². The van der Waals surface area contributed by atoms with Gasteiger partial charge in [0.15, 0.2) is 0 Å². The first kappa shape index (κ1) is 21.1. The zero-order valence-electron chi connectivity index (χ0n) is 19.9. The molecule has 8 rings (SSSR count). The van der Waals surface area contributed by atoms with Crippen molar-refractivity contribution in [2.75, 3.05) is 0 Å². The molecule has 4 heterocycles. The monoisotopic (exact) mass is 460 g/mol. The van der Waals surface area contributed by atoms with E-state index in [0.29, 0.717) is 0 Å². The minimum absolute atomic E-state index is 0.123. The summed E-state index contributed by atoms with van der Waals surface area (Å²) in [6.45, 7) is 4.44. The predicted molar refractivity (Wildman–Crippen MR) is 134 cm³/mol. The van der Waals surface area contributed by atoms with Crippen LogP contribution in [0.3, 0.4) is 0 Å². The molecule has 3 heteroatoms. The Hall–Kier alpha value is -3.24. The Morgan fingerprint density at radius 1 is 0.400 bits per heavy atom. The number of rotatable bonds is 4. The summed E-state index contributed by atoms with van der Waals surface area (Å²) in [5, 5.41) is 0. The summed E-state index contributed by atoms with van der Waals surface area (Å²) in [4.78, 5) is 0. The van der Waals surface area contributed by atoms with Gasteiger partial charge in [0.25, 0.3) is 0 Å². The smallest absolute Gasteiger partial charge is 0.205 e. The fourth-order valence-corrected chi connectivity index (χ4v) is 7.10. The van der Waals surface area contributed by atoms with Crippen LogP contribution in [0.5, 0.6) is 0 Å². The maximum Gasteiger partial charge on any atom is 0.205 e. The Morgan fingerprint density at radius 2 is 0.686 bits per heavy atom. The first-order valence-electron chi connectivity index (χ1n) is 12.4. The molecule has 174 valence electrons. The number of hydrogen-bond acceptors (Lipinski definition) is 3. The van der Waals surface area contributed by atoms with Crippen molar-refractivity contribution in [3.8, 4) is 0 Å². The Morgan fingerprint density at radius 3 is 1.00 bits per heavy atom. The number of ether oxygens (including phenoxy) is 3.